The van der Waals surface area contributed by atoms with Gasteiger partial charge in [-0.25, -0.2) is 14.2 Å². The molecule has 0 radical (unpaired) electrons. The molecule has 1 aliphatic heterocycles. The van der Waals surface area contributed by atoms with E-state index in [1.807, 2.05) is 6.07 Å². The van der Waals surface area contributed by atoms with E-state index >= 15 is 0 Å². The average molecular weight is 539 g/mol. The minimum Gasteiger partial charge on any atom is -0.493 e. The van der Waals surface area contributed by atoms with Gasteiger partial charge in [0.2, 0.25) is 0 Å². The molecule has 1 aliphatic rings. The third kappa shape index (κ3) is 5.72. The Bertz CT molecular complexity index is 1540. The standard InChI is InChI=1S/C29H31FN2O5S/c1-6-36-28(34)25-18(4)31-29-32(27(33)24(38-29)15-19-7-10-21(30)11-8-19)26(25)20-9-12-22(23(16-20)35-5)37-14-13-17(2)3/h7-12,15-17,26H,6,13-14H2,1-5H3. The Balaban J connectivity index is 1.86. The number of esters is 1. The van der Waals surface area contributed by atoms with E-state index in [1.165, 1.54) is 28.0 Å². The molecule has 7 nitrogen and oxygen atoms in total. The first-order chi connectivity index (χ1) is 18.2. The van der Waals surface area contributed by atoms with Gasteiger partial charge in [0.05, 0.1) is 42.2 Å². The summed E-state index contributed by atoms with van der Waals surface area (Å²) in [4.78, 5) is 31.9. The maximum atomic E-state index is 13.7. The first-order valence-corrected chi connectivity index (χ1v) is 13.3. The quantitative estimate of drug-likeness (QED) is 0.378. The van der Waals surface area contributed by atoms with Gasteiger partial charge in [0.25, 0.3) is 5.56 Å². The zero-order valence-corrected chi connectivity index (χ0v) is 22.9. The molecule has 3 aromatic rings. The number of thiazole rings is 1. The van der Waals surface area contributed by atoms with Crippen LogP contribution in [0.1, 0.15) is 51.3 Å². The second-order valence-corrected chi connectivity index (χ2v) is 10.3. The van der Waals surface area contributed by atoms with Gasteiger partial charge in [-0.15, -0.1) is 0 Å². The van der Waals surface area contributed by atoms with Crippen LogP contribution in [0, 0.1) is 11.7 Å². The fourth-order valence-electron chi connectivity index (χ4n) is 4.20. The molecule has 1 aromatic heterocycles. The molecule has 0 fully saturated rings. The molecule has 0 saturated heterocycles. The molecule has 9 heteroatoms. The molecule has 200 valence electrons. The van der Waals surface area contributed by atoms with Crippen molar-refractivity contribution in [3.05, 3.63) is 90.4 Å². The van der Waals surface area contributed by atoms with Crippen LogP contribution in [-0.4, -0.2) is 30.9 Å². The summed E-state index contributed by atoms with van der Waals surface area (Å²) >= 11 is 1.21. The molecule has 1 unspecified atom stereocenters. The van der Waals surface area contributed by atoms with Gasteiger partial charge < -0.3 is 14.2 Å². The molecule has 0 N–H and O–H groups in total. The van der Waals surface area contributed by atoms with Crippen LogP contribution in [0.2, 0.25) is 0 Å². The van der Waals surface area contributed by atoms with Crippen molar-refractivity contribution in [2.45, 2.75) is 40.2 Å². The topological polar surface area (TPSA) is 79.1 Å². The Morgan fingerprint density at radius 3 is 2.58 bits per heavy atom. The van der Waals surface area contributed by atoms with Crippen LogP contribution in [-0.2, 0) is 9.53 Å². The van der Waals surface area contributed by atoms with Crippen molar-refractivity contribution in [2.75, 3.05) is 20.3 Å². The summed E-state index contributed by atoms with van der Waals surface area (Å²) in [6.45, 7) is 8.44. The number of rotatable bonds is 9. The number of hydrogen-bond donors (Lipinski definition) is 0. The summed E-state index contributed by atoms with van der Waals surface area (Å²) in [5, 5.41) is 0. The highest BCUT2D eigenvalue weighted by molar-refractivity contribution is 7.07. The van der Waals surface area contributed by atoms with E-state index in [0.717, 1.165) is 6.42 Å². The van der Waals surface area contributed by atoms with Crippen molar-refractivity contribution in [1.82, 2.24) is 4.57 Å². The highest BCUT2D eigenvalue weighted by Crippen LogP contribution is 2.36. The normalized spacial score (nSPS) is 15.3. The number of carbonyl (C=O) groups excluding carboxylic acids is 1. The fourth-order valence-corrected chi connectivity index (χ4v) is 5.24. The maximum Gasteiger partial charge on any atom is 0.338 e. The van der Waals surface area contributed by atoms with Gasteiger partial charge in [-0.3, -0.25) is 9.36 Å². The van der Waals surface area contributed by atoms with Crippen LogP contribution < -0.4 is 24.4 Å². The molecule has 0 amide bonds. The molecule has 0 spiro atoms. The number of nitrogens with zero attached hydrogens (tertiary/aromatic N) is 2. The summed E-state index contributed by atoms with van der Waals surface area (Å²) in [6, 6.07) is 10.5. The summed E-state index contributed by atoms with van der Waals surface area (Å²) in [6.07, 6.45) is 2.58. The van der Waals surface area contributed by atoms with Gasteiger partial charge in [0.15, 0.2) is 16.3 Å². The third-order valence-electron chi connectivity index (χ3n) is 6.14. The van der Waals surface area contributed by atoms with Crippen LogP contribution in [0.25, 0.3) is 6.08 Å². The third-order valence-corrected chi connectivity index (χ3v) is 7.12. The van der Waals surface area contributed by atoms with Crippen LogP contribution in [0.3, 0.4) is 0 Å². The summed E-state index contributed by atoms with van der Waals surface area (Å²) in [7, 11) is 1.55. The maximum absolute atomic E-state index is 13.7. The van der Waals surface area contributed by atoms with Crippen molar-refractivity contribution < 1.29 is 23.4 Å². The van der Waals surface area contributed by atoms with Crippen molar-refractivity contribution in [3.63, 3.8) is 0 Å². The Hall–Kier alpha value is -3.72. The van der Waals surface area contributed by atoms with Gasteiger partial charge in [-0.05, 0) is 67.7 Å². The van der Waals surface area contributed by atoms with Gasteiger partial charge in [0.1, 0.15) is 5.82 Å². The predicted molar refractivity (Wildman–Crippen MR) is 145 cm³/mol. The zero-order chi connectivity index (χ0) is 27.4. The van der Waals surface area contributed by atoms with E-state index in [2.05, 4.69) is 18.8 Å². The second-order valence-electron chi connectivity index (χ2n) is 9.30. The lowest BCUT2D eigenvalue weighted by molar-refractivity contribution is -0.139. The zero-order valence-electron chi connectivity index (χ0n) is 22.1. The van der Waals surface area contributed by atoms with E-state index in [0.29, 0.717) is 50.2 Å². The Labute approximate surface area is 224 Å². The lowest BCUT2D eigenvalue weighted by atomic mass is 9.95. The molecule has 2 heterocycles. The van der Waals surface area contributed by atoms with Crippen LogP contribution in [0.5, 0.6) is 11.5 Å². The number of benzene rings is 2. The molecule has 2 aromatic carbocycles. The van der Waals surface area contributed by atoms with Crippen molar-refractivity contribution >= 4 is 23.4 Å². The lowest BCUT2D eigenvalue weighted by Crippen LogP contribution is -2.40. The number of halogens is 1. The van der Waals surface area contributed by atoms with E-state index < -0.39 is 12.0 Å². The highest BCUT2D eigenvalue weighted by Gasteiger charge is 2.34. The minimum atomic E-state index is -0.778. The van der Waals surface area contributed by atoms with E-state index in [9.17, 15) is 14.0 Å². The first kappa shape index (κ1) is 27.3. The Morgan fingerprint density at radius 1 is 1.18 bits per heavy atom. The predicted octanol–water partition coefficient (Wildman–Crippen LogP) is 4.37. The van der Waals surface area contributed by atoms with Crippen LogP contribution >= 0.6 is 11.3 Å². The Morgan fingerprint density at radius 2 is 1.92 bits per heavy atom. The SMILES string of the molecule is CCOC(=O)C1=C(C)N=c2sc(=Cc3ccc(F)cc3)c(=O)n2C1c1ccc(OCCC(C)C)c(OC)c1. The van der Waals surface area contributed by atoms with Gasteiger partial charge in [-0.1, -0.05) is 43.4 Å². The molecular weight excluding hydrogens is 507 g/mol. The highest BCUT2D eigenvalue weighted by atomic mass is 32.1. The molecule has 0 aliphatic carbocycles. The fraction of sp³-hybridized carbons (Fsp3) is 0.345. The second kappa shape index (κ2) is 11.8. The summed E-state index contributed by atoms with van der Waals surface area (Å²) in [5.41, 5.74) is 1.78. The summed E-state index contributed by atoms with van der Waals surface area (Å²) in [5.74, 6) is 0.680. The number of carbonyl (C=O) groups is 1. The van der Waals surface area contributed by atoms with Crippen LogP contribution in [0.4, 0.5) is 4.39 Å². The summed E-state index contributed by atoms with van der Waals surface area (Å²) < 4.78 is 32.2. The molecular formula is C29H31FN2O5S. The Kier molecular flexibility index (Phi) is 8.46. The number of fused-ring (bicyclic) bond motifs is 1. The number of allylic oxidation sites excluding steroid dienone is 1. The number of ether oxygens (including phenoxy) is 3. The van der Waals surface area contributed by atoms with E-state index in [-0.39, 0.29) is 23.6 Å². The minimum absolute atomic E-state index is 0.184. The van der Waals surface area contributed by atoms with Gasteiger partial charge >= 0.3 is 5.97 Å². The van der Waals surface area contributed by atoms with E-state index in [4.69, 9.17) is 14.2 Å². The van der Waals surface area contributed by atoms with Crippen molar-refractivity contribution in [2.24, 2.45) is 10.9 Å². The molecule has 1 atom stereocenters. The average Bonchev–Trinajstić information content (AvgIpc) is 3.18. The van der Waals surface area contributed by atoms with Gasteiger partial charge in [0, 0.05) is 0 Å². The number of hydrogen-bond acceptors (Lipinski definition) is 7. The van der Waals surface area contributed by atoms with Gasteiger partial charge in [-0.2, -0.15) is 0 Å². The van der Waals surface area contributed by atoms with Crippen molar-refractivity contribution in [1.29, 1.82) is 0 Å². The first-order valence-electron chi connectivity index (χ1n) is 12.5. The number of aromatic nitrogens is 1. The lowest BCUT2D eigenvalue weighted by Gasteiger charge is -2.25. The molecule has 0 bridgehead atoms. The molecule has 4 rings (SSSR count). The van der Waals surface area contributed by atoms with E-state index in [1.54, 1.807) is 51.3 Å². The van der Waals surface area contributed by atoms with Crippen LogP contribution in [0.15, 0.2) is 63.5 Å². The molecule has 38 heavy (non-hydrogen) atoms. The molecule has 0 saturated carbocycles. The smallest absolute Gasteiger partial charge is 0.338 e. The largest absolute Gasteiger partial charge is 0.493 e. The van der Waals surface area contributed by atoms with Crippen molar-refractivity contribution in [3.8, 4) is 11.5 Å². The monoisotopic (exact) mass is 538 g/mol. The number of methoxy groups -OCH3 is 1.